The molecule has 2 rings (SSSR count). The van der Waals surface area contributed by atoms with E-state index >= 15 is 0 Å². The number of ether oxygens (including phenoxy) is 1. The number of carbonyl (C=O) groups is 1. The van der Waals surface area contributed by atoms with Crippen molar-refractivity contribution in [1.82, 2.24) is 20.5 Å². The van der Waals surface area contributed by atoms with Crippen LogP contribution in [0.2, 0.25) is 0 Å². The molecule has 1 amide bonds. The molecule has 1 aliphatic rings. The van der Waals surface area contributed by atoms with Crippen molar-refractivity contribution in [2.24, 2.45) is 5.92 Å². The molecule has 2 heterocycles. The lowest BCUT2D eigenvalue weighted by atomic mass is 10.00. The summed E-state index contributed by atoms with van der Waals surface area (Å²) in [5, 5.41) is 9.33. The van der Waals surface area contributed by atoms with E-state index in [2.05, 4.69) is 27.4 Å². The van der Waals surface area contributed by atoms with E-state index in [9.17, 15) is 4.79 Å². The molecule has 0 aromatic carbocycles. The third kappa shape index (κ3) is 2.82. The molecule has 1 aromatic rings. The molecule has 1 aromatic heterocycles. The van der Waals surface area contributed by atoms with Crippen molar-refractivity contribution in [3.05, 3.63) is 11.6 Å². The zero-order valence-electron chi connectivity index (χ0n) is 10.2. The zero-order chi connectivity index (χ0) is 12.3. The van der Waals surface area contributed by atoms with Crippen LogP contribution in [0.25, 0.3) is 0 Å². The second-order valence-corrected chi connectivity index (χ2v) is 4.32. The number of carbonyl (C=O) groups excluding carboxylic acids is 1. The minimum atomic E-state index is -0.226. The van der Waals surface area contributed by atoms with Crippen LogP contribution < -0.4 is 5.32 Å². The number of aryl methyl sites for hydroxylation is 1. The van der Waals surface area contributed by atoms with E-state index in [4.69, 9.17) is 4.74 Å². The molecule has 0 saturated carbocycles. The zero-order valence-corrected chi connectivity index (χ0v) is 10.2. The molecule has 1 aliphatic heterocycles. The average Bonchev–Trinajstić information content (AvgIpc) is 2.94. The smallest absolute Gasteiger partial charge is 0.290 e. The van der Waals surface area contributed by atoms with E-state index < -0.39 is 0 Å². The van der Waals surface area contributed by atoms with Gasteiger partial charge in [-0.1, -0.05) is 6.92 Å². The van der Waals surface area contributed by atoms with Crippen LogP contribution in [0.3, 0.4) is 0 Å². The van der Waals surface area contributed by atoms with Crippen molar-refractivity contribution in [2.75, 3.05) is 13.2 Å². The van der Waals surface area contributed by atoms with E-state index in [-0.39, 0.29) is 17.8 Å². The Kier molecular flexibility index (Phi) is 3.73. The minimum Gasteiger partial charge on any atom is -0.378 e. The van der Waals surface area contributed by atoms with Crippen molar-refractivity contribution < 1.29 is 9.53 Å². The molecule has 2 N–H and O–H groups in total. The van der Waals surface area contributed by atoms with Crippen molar-refractivity contribution in [1.29, 1.82) is 0 Å². The Morgan fingerprint density at radius 2 is 2.47 bits per heavy atom. The Labute approximate surface area is 100 Å². The first-order valence-electron chi connectivity index (χ1n) is 5.99. The molecule has 2 atom stereocenters. The monoisotopic (exact) mass is 238 g/mol. The Morgan fingerprint density at radius 1 is 1.65 bits per heavy atom. The van der Waals surface area contributed by atoms with Gasteiger partial charge in [-0.3, -0.25) is 9.89 Å². The number of aromatic nitrogens is 3. The summed E-state index contributed by atoms with van der Waals surface area (Å²) < 4.78 is 5.57. The second-order valence-electron chi connectivity index (χ2n) is 4.32. The number of nitrogens with zero attached hydrogens (tertiary/aromatic N) is 2. The molecule has 6 heteroatoms. The summed E-state index contributed by atoms with van der Waals surface area (Å²) in [4.78, 5) is 15.7. The Morgan fingerprint density at radius 3 is 3.12 bits per heavy atom. The van der Waals surface area contributed by atoms with Gasteiger partial charge < -0.3 is 10.1 Å². The highest BCUT2D eigenvalue weighted by Crippen LogP contribution is 2.22. The van der Waals surface area contributed by atoms with Crippen LogP contribution >= 0.6 is 0 Å². The predicted molar refractivity (Wildman–Crippen MR) is 61.6 cm³/mol. The van der Waals surface area contributed by atoms with Gasteiger partial charge in [0.25, 0.3) is 5.91 Å². The molecular formula is C11H18N4O2. The highest BCUT2D eigenvalue weighted by Gasteiger charge is 2.27. The molecular weight excluding hydrogens is 220 g/mol. The lowest BCUT2D eigenvalue weighted by Gasteiger charge is -2.16. The molecule has 1 saturated heterocycles. The summed E-state index contributed by atoms with van der Waals surface area (Å²) in [6.07, 6.45) is 2.26. The molecule has 1 fully saturated rings. The number of hydrogen-bond acceptors (Lipinski definition) is 4. The summed E-state index contributed by atoms with van der Waals surface area (Å²) >= 11 is 0. The lowest BCUT2D eigenvalue weighted by molar-refractivity contribution is 0.0823. The topological polar surface area (TPSA) is 79.9 Å². The molecule has 6 nitrogen and oxygen atoms in total. The van der Waals surface area contributed by atoms with Gasteiger partial charge in [-0.15, -0.1) is 5.10 Å². The number of nitrogens with one attached hydrogen (secondary N) is 2. The van der Waals surface area contributed by atoms with Crippen LogP contribution in [0.15, 0.2) is 0 Å². The first kappa shape index (κ1) is 12.0. The van der Waals surface area contributed by atoms with Gasteiger partial charge in [-0.25, -0.2) is 4.98 Å². The van der Waals surface area contributed by atoms with Gasteiger partial charge in [0.1, 0.15) is 5.82 Å². The number of aromatic amines is 1. The van der Waals surface area contributed by atoms with Crippen molar-refractivity contribution >= 4 is 5.91 Å². The van der Waals surface area contributed by atoms with Gasteiger partial charge in [0.2, 0.25) is 5.82 Å². The minimum absolute atomic E-state index is 0.203. The summed E-state index contributed by atoms with van der Waals surface area (Å²) in [5.41, 5.74) is 0. The van der Waals surface area contributed by atoms with E-state index in [1.807, 2.05) is 0 Å². The van der Waals surface area contributed by atoms with Crippen LogP contribution in [-0.2, 0) is 4.74 Å². The van der Waals surface area contributed by atoms with Crippen molar-refractivity contribution in [3.63, 3.8) is 0 Å². The van der Waals surface area contributed by atoms with Gasteiger partial charge >= 0.3 is 0 Å². The van der Waals surface area contributed by atoms with Gasteiger partial charge in [0.15, 0.2) is 0 Å². The maximum atomic E-state index is 11.7. The number of amides is 1. The van der Waals surface area contributed by atoms with Gasteiger partial charge in [0.05, 0.1) is 6.10 Å². The first-order valence-corrected chi connectivity index (χ1v) is 5.99. The molecule has 0 spiro atoms. The fourth-order valence-electron chi connectivity index (χ4n) is 2.12. The summed E-state index contributed by atoms with van der Waals surface area (Å²) in [6, 6.07) is 0. The molecule has 94 valence electrons. The maximum Gasteiger partial charge on any atom is 0.290 e. The SMILES string of the molecule is CCC1OCCC1CNC(=O)c1n[nH]c(C)n1. The highest BCUT2D eigenvalue weighted by molar-refractivity contribution is 5.90. The van der Waals surface area contributed by atoms with Crippen molar-refractivity contribution in [3.8, 4) is 0 Å². The van der Waals surface area contributed by atoms with Crippen LogP contribution in [0, 0.1) is 12.8 Å². The van der Waals surface area contributed by atoms with E-state index in [1.165, 1.54) is 0 Å². The maximum absolute atomic E-state index is 11.7. The van der Waals surface area contributed by atoms with Crippen LogP contribution in [0.4, 0.5) is 0 Å². The number of hydrogen-bond donors (Lipinski definition) is 2. The summed E-state index contributed by atoms with van der Waals surface area (Å²) in [5.74, 6) is 1.03. The largest absolute Gasteiger partial charge is 0.378 e. The fourth-order valence-corrected chi connectivity index (χ4v) is 2.12. The molecule has 0 radical (unpaired) electrons. The first-order chi connectivity index (χ1) is 8.20. The molecule has 0 aliphatic carbocycles. The standard InChI is InChI=1S/C11H18N4O2/c1-3-9-8(4-5-17-9)6-12-11(16)10-13-7(2)14-15-10/h8-9H,3-6H2,1-2H3,(H,12,16)(H,13,14,15). The molecule has 0 bridgehead atoms. The average molecular weight is 238 g/mol. The Hall–Kier alpha value is -1.43. The van der Waals surface area contributed by atoms with E-state index in [0.29, 0.717) is 18.3 Å². The quantitative estimate of drug-likeness (QED) is 0.807. The Balaban J connectivity index is 1.84. The second kappa shape index (κ2) is 5.27. The summed E-state index contributed by atoms with van der Waals surface area (Å²) in [7, 11) is 0. The van der Waals surface area contributed by atoms with E-state index in [1.54, 1.807) is 6.92 Å². The number of H-pyrrole nitrogens is 1. The predicted octanol–water partition coefficient (Wildman–Crippen LogP) is 0.658. The van der Waals surface area contributed by atoms with Gasteiger partial charge in [0, 0.05) is 19.1 Å². The fraction of sp³-hybridized carbons (Fsp3) is 0.727. The number of rotatable bonds is 4. The third-order valence-corrected chi connectivity index (χ3v) is 3.07. The normalized spacial score (nSPS) is 23.9. The van der Waals surface area contributed by atoms with Crippen LogP contribution in [0.5, 0.6) is 0 Å². The molecule has 17 heavy (non-hydrogen) atoms. The van der Waals surface area contributed by atoms with Gasteiger partial charge in [-0.05, 0) is 19.8 Å². The van der Waals surface area contributed by atoms with Crippen molar-refractivity contribution in [2.45, 2.75) is 32.8 Å². The third-order valence-electron chi connectivity index (χ3n) is 3.07. The van der Waals surface area contributed by atoms with Gasteiger partial charge in [-0.2, -0.15) is 0 Å². The highest BCUT2D eigenvalue weighted by atomic mass is 16.5. The summed E-state index contributed by atoms with van der Waals surface area (Å²) in [6.45, 7) is 5.29. The molecule has 2 unspecified atom stereocenters. The Bertz CT molecular complexity index is 391. The van der Waals surface area contributed by atoms with Crippen LogP contribution in [0.1, 0.15) is 36.2 Å². The lowest BCUT2D eigenvalue weighted by Crippen LogP contribution is -2.33. The van der Waals surface area contributed by atoms with E-state index in [0.717, 1.165) is 19.4 Å². The van der Waals surface area contributed by atoms with Crippen LogP contribution in [-0.4, -0.2) is 40.3 Å².